The van der Waals surface area contributed by atoms with E-state index in [9.17, 15) is 9.50 Å². The van der Waals surface area contributed by atoms with Crippen molar-refractivity contribution < 1.29 is 19.1 Å². The molecule has 2 rings (SSSR count). The maximum atomic E-state index is 12.8. The molecule has 1 aromatic heterocycles. The van der Waals surface area contributed by atoms with Crippen molar-refractivity contribution in [3.63, 3.8) is 0 Å². The lowest BCUT2D eigenvalue weighted by atomic mass is 10.1. The first kappa shape index (κ1) is 9.32. The van der Waals surface area contributed by atoms with Crippen LogP contribution in [0.4, 0.5) is 10.2 Å². The summed E-state index contributed by atoms with van der Waals surface area (Å²) in [7, 11) is 0. The smallest absolute Gasteiger partial charge is 0.194 e. The van der Waals surface area contributed by atoms with Crippen molar-refractivity contribution in [2.45, 2.75) is 0 Å². The number of phenolic OH excluding ortho intramolecular Hbond substituents is 2. The highest BCUT2D eigenvalue weighted by molar-refractivity contribution is 5.70. The molecule has 0 spiro atoms. The van der Waals surface area contributed by atoms with Crippen molar-refractivity contribution in [3.8, 4) is 22.8 Å². The molecule has 1 aromatic carbocycles. The third kappa shape index (κ3) is 1.45. The van der Waals surface area contributed by atoms with Crippen LogP contribution in [0.15, 0.2) is 22.7 Å². The highest BCUT2D eigenvalue weighted by Crippen LogP contribution is 2.38. The number of phenols is 2. The van der Waals surface area contributed by atoms with Gasteiger partial charge in [0.2, 0.25) is 0 Å². The molecule has 0 unspecified atom stereocenters. The molecule has 0 amide bonds. The van der Waals surface area contributed by atoms with E-state index in [1.165, 1.54) is 12.1 Å². The fraction of sp³-hybridized carbons (Fsp3) is 0. The number of hydrogen-bond donors (Lipinski definition) is 3. The number of nitrogens with two attached hydrogens (primary N) is 1. The SMILES string of the molecule is Nc1cc(-c2ccc(F)c(O)c2O)on1. The lowest BCUT2D eigenvalue weighted by Gasteiger charge is -2.02. The molecule has 15 heavy (non-hydrogen) atoms. The quantitative estimate of drug-likeness (QED) is 0.620. The van der Waals surface area contributed by atoms with Crippen molar-refractivity contribution in [1.29, 1.82) is 0 Å². The van der Waals surface area contributed by atoms with E-state index in [-0.39, 0.29) is 17.1 Å². The summed E-state index contributed by atoms with van der Waals surface area (Å²) in [6, 6.07) is 3.61. The molecule has 6 heteroatoms. The topological polar surface area (TPSA) is 92.5 Å². The number of hydrogen-bond acceptors (Lipinski definition) is 5. The van der Waals surface area contributed by atoms with Crippen LogP contribution in [0.5, 0.6) is 11.5 Å². The van der Waals surface area contributed by atoms with E-state index >= 15 is 0 Å². The predicted octanol–water partition coefficient (Wildman–Crippen LogP) is 1.47. The molecule has 4 N–H and O–H groups in total. The van der Waals surface area contributed by atoms with E-state index in [4.69, 9.17) is 15.4 Å². The van der Waals surface area contributed by atoms with Gasteiger partial charge in [-0.2, -0.15) is 0 Å². The zero-order chi connectivity index (χ0) is 11.0. The van der Waals surface area contributed by atoms with Crippen LogP contribution in [-0.2, 0) is 0 Å². The van der Waals surface area contributed by atoms with Gasteiger partial charge in [-0.3, -0.25) is 0 Å². The number of rotatable bonds is 1. The van der Waals surface area contributed by atoms with Gasteiger partial charge >= 0.3 is 0 Å². The van der Waals surface area contributed by atoms with E-state index in [0.717, 1.165) is 6.07 Å². The monoisotopic (exact) mass is 210 g/mol. The molecule has 0 saturated carbocycles. The molecule has 0 aliphatic heterocycles. The van der Waals surface area contributed by atoms with Gasteiger partial charge in [0.25, 0.3) is 0 Å². The van der Waals surface area contributed by atoms with Gasteiger partial charge in [-0.1, -0.05) is 5.16 Å². The summed E-state index contributed by atoms with van der Waals surface area (Å²) in [4.78, 5) is 0. The predicted molar refractivity (Wildman–Crippen MR) is 49.6 cm³/mol. The fourth-order valence-electron chi connectivity index (χ4n) is 1.17. The maximum Gasteiger partial charge on any atom is 0.194 e. The van der Waals surface area contributed by atoms with Crippen LogP contribution in [0.2, 0.25) is 0 Å². The minimum atomic E-state index is -0.913. The van der Waals surface area contributed by atoms with Gasteiger partial charge < -0.3 is 20.5 Å². The van der Waals surface area contributed by atoms with Crippen LogP contribution in [0, 0.1) is 5.82 Å². The average molecular weight is 210 g/mol. The van der Waals surface area contributed by atoms with Crippen molar-refractivity contribution in [3.05, 3.63) is 24.0 Å². The number of nitrogen functional groups attached to an aromatic ring is 1. The number of nitrogens with zero attached hydrogens (tertiary/aromatic N) is 1. The summed E-state index contributed by atoms with van der Waals surface area (Å²) in [5.74, 6) is -2.06. The van der Waals surface area contributed by atoms with Crippen LogP contribution in [0.1, 0.15) is 0 Å². The van der Waals surface area contributed by atoms with E-state index in [2.05, 4.69) is 5.16 Å². The molecule has 0 bridgehead atoms. The molecule has 0 saturated heterocycles. The van der Waals surface area contributed by atoms with Gasteiger partial charge in [-0.15, -0.1) is 0 Å². The Morgan fingerprint density at radius 3 is 2.60 bits per heavy atom. The number of anilines is 1. The largest absolute Gasteiger partial charge is 0.504 e. The third-order valence-electron chi connectivity index (χ3n) is 1.90. The lowest BCUT2D eigenvalue weighted by Crippen LogP contribution is -1.82. The Labute approximate surface area is 83.5 Å². The summed E-state index contributed by atoms with van der Waals surface area (Å²) < 4.78 is 17.6. The first-order valence-corrected chi connectivity index (χ1v) is 4.02. The highest BCUT2D eigenvalue weighted by Gasteiger charge is 2.16. The molecule has 5 nitrogen and oxygen atoms in total. The zero-order valence-corrected chi connectivity index (χ0v) is 7.44. The lowest BCUT2D eigenvalue weighted by molar-refractivity contribution is 0.377. The van der Waals surface area contributed by atoms with Crippen LogP contribution in [0.3, 0.4) is 0 Å². The molecule has 78 valence electrons. The van der Waals surface area contributed by atoms with Crippen LogP contribution >= 0.6 is 0 Å². The molecule has 0 aliphatic rings. The molecule has 1 heterocycles. The summed E-state index contributed by atoms with van der Waals surface area (Å²) in [5, 5.41) is 22.0. The van der Waals surface area contributed by atoms with Crippen molar-refractivity contribution in [2.24, 2.45) is 0 Å². The van der Waals surface area contributed by atoms with Gasteiger partial charge in [0, 0.05) is 6.07 Å². The standard InChI is InChI=1S/C9H7FN2O3/c10-5-2-1-4(8(13)9(5)14)6-3-7(11)12-15-6/h1-3,13-14H,(H2,11,12). The Hall–Kier alpha value is -2.24. The Morgan fingerprint density at radius 1 is 1.27 bits per heavy atom. The van der Waals surface area contributed by atoms with Crippen LogP contribution < -0.4 is 5.73 Å². The molecular weight excluding hydrogens is 203 g/mol. The fourth-order valence-corrected chi connectivity index (χ4v) is 1.17. The van der Waals surface area contributed by atoms with Crippen molar-refractivity contribution in [1.82, 2.24) is 5.16 Å². The normalized spacial score (nSPS) is 10.5. The number of benzene rings is 1. The van der Waals surface area contributed by atoms with E-state index in [1.54, 1.807) is 0 Å². The van der Waals surface area contributed by atoms with Crippen LogP contribution in [-0.4, -0.2) is 15.4 Å². The van der Waals surface area contributed by atoms with E-state index < -0.39 is 17.3 Å². The second-order valence-corrected chi connectivity index (χ2v) is 2.91. The molecule has 0 radical (unpaired) electrons. The molecular formula is C9H7FN2O3. The zero-order valence-electron chi connectivity index (χ0n) is 7.44. The minimum Gasteiger partial charge on any atom is -0.504 e. The number of halogens is 1. The first-order chi connectivity index (χ1) is 7.09. The Kier molecular flexibility index (Phi) is 1.96. The first-order valence-electron chi connectivity index (χ1n) is 4.02. The van der Waals surface area contributed by atoms with Gasteiger partial charge in [0.15, 0.2) is 28.9 Å². The van der Waals surface area contributed by atoms with Gasteiger partial charge in [-0.05, 0) is 12.1 Å². The Balaban J connectivity index is 2.59. The van der Waals surface area contributed by atoms with Gasteiger partial charge in [-0.25, -0.2) is 4.39 Å². The number of aromatic nitrogens is 1. The summed E-state index contributed by atoms with van der Waals surface area (Å²) in [5.41, 5.74) is 5.43. The number of aromatic hydroxyl groups is 2. The van der Waals surface area contributed by atoms with Crippen molar-refractivity contribution in [2.75, 3.05) is 5.73 Å². The minimum absolute atomic E-state index is 0.123. The maximum absolute atomic E-state index is 12.8. The summed E-state index contributed by atoms with van der Waals surface area (Å²) in [6.07, 6.45) is 0. The van der Waals surface area contributed by atoms with Crippen LogP contribution in [0.25, 0.3) is 11.3 Å². The van der Waals surface area contributed by atoms with Gasteiger partial charge in [0.1, 0.15) is 0 Å². The molecule has 0 aliphatic carbocycles. The van der Waals surface area contributed by atoms with Crippen molar-refractivity contribution >= 4 is 5.82 Å². The Bertz CT molecular complexity index is 510. The Morgan fingerprint density at radius 2 is 2.00 bits per heavy atom. The average Bonchev–Trinajstić information content (AvgIpc) is 2.61. The highest BCUT2D eigenvalue weighted by atomic mass is 19.1. The summed E-state index contributed by atoms with van der Waals surface area (Å²) >= 11 is 0. The third-order valence-corrected chi connectivity index (χ3v) is 1.90. The van der Waals surface area contributed by atoms with E-state index in [1.807, 2.05) is 0 Å². The second-order valence-electron chi connectivity index (χ2n) is 2.91. The van der Waals surface area contributed by atoms with Gasteiger partial charge in [0.05, 0.1) is 5.56 Å². The van der Waals surface area contributed by atoms with E-state index in [0.29, 0.717) is 0 Å². The second kappa shape index (κ2) is 3.16. The molecule has 2 aromatic rings. The summed E-state index contributed by atoms with van der Waals surface area (Å²) in [6.45, 7) is 0. The molecule has 0 atom stereocenters. The molecule has 0 fully saturated rings.